The van der Waals surface area contributed by atoms with E-state index in [4.69, 9.17) is 0 Å². The van der Waals surface area contributed by atoms with Gasteiger partial charge in [-0.2, -0.15) is 0 Å². The van der Waals surface area contributed by atoms with E-state index in [-0.39, 0.29) is 0 Å². The van der Waals surface area contributed by atoms with Crippen LogP contribution < -0.4 is 5.32 Å². The van der Waals surface area contributed by atoms with Crippen LogP contribution in [0.3, 0.4) is 0 Å². The molecule has 0 amide bonds. The fraction of sp³-hybridized carbons (Fsp3) is 0.412. The summed E-state index contributed by atoms with van der Waals surface area (Å²) in [6.45, 7) is 4.45. The first-order chi connectivity index (χ1) is 9.61. The standard InChI is InChI=1S/C17H20BrNS/c1-11-6-7-17(20-11)12(2)19-16-9-14(10-16)13-4-3-5-15(18)8-13/h3-8,12,14,16,19H,9-10H2,1-2H3. The predicted octanol–water partition coefficient (Wildman–Crippen LogP) is 5.42. The zero-order valence-electron chi connectivity index (χ0n) is 11.9. The molecule has 3 rings (SSSR count). The number of hydrogen-bond donors (Lipinski definition) is 1. The van der Waals surface area contributed by atoms with Crippen molar-refractivity contribution < 1.29 is 0 Å². The van der Waals surface area contributed by atoms with Gasteiger partial charge in [-0.05, 0) is 62.4 Å². The second-order valence-corrected chi connectivity index (χ2v) is 7.99. The maximum Gasteiger partial charge on any atom is 0.0388 e. The van der Waals surface area contributed by atoms with Crippen molar-refractivity contribution in [2.45, 2.75) is 44.7 Å². The van der Waals surface area contributed by atoms with Crippen LogP contribution in [-0.4, -0.2) is 6.04 Å². The molecule has 3 heteroatoms. The lowest BCUT2D eigenvalue weighted by Gasteiger charge is -2.38. The summed E-state index contributed by atoms with van der Waals surface area (Å²) in [6.07, 6.45) is 2.51. The van der Waals surface area contributed by atoms with Crippen LogP contribution in [0.5, 0.6) is 0 Å². The molecule has 0 spiro atoms. The fourth-order valence-corrected chi connectivity index (χ4v) is 4.21. The van der Waals surface area contributed by atoms with Gasteiger partial charge < -0.3 is 5.32 Å². The van der Waals surface area contributed by atoms with E-state index in [0.29, 0.717) is 12.1 Å². The third-order valence-corrected chi connectivity index (χ3v) is 5.81. The molecule has 2 aromatic rings. The molecule has 1 aromatic heterocycles. The molecule has 1 atom stereocenters. The van der Waals surface area contributed by atoms with Crippen LogP contribution in [0.1, 0.15) is 47.0 Å². The maximum atomic E-state index is 3.76. The average Bonchev–Trinajstić information content (AvgIpc) is 2.80. The van der Waals surface area contributed by atoms with Crippen LogP contribution >= 0.6 is 27.3 Å². The number of thiophene rings is 1. The molecule has 1 heterocycles. The van der Waals surface area contributed by atoms with E-state index in [1.165, 1.54) is 32.6 Å². The Balaban J connectivity index is 1.53. The minimum atomic E-state index is 0.474. The minimum absolute atomic E-state index is 0.474. The Bertz CT molecular complexity index is 586. The Morgan fingerprint density at radius 2 is 2.05 bits per heavy atom. The molecular formula is C17H20BrNS. The molecule has 1 aliphatic carbocycles. The molecule has 1 fully saturated rings. The van der Waals surface area contributed by atoms with E-state index in [0.717, 1.165) is 5.92 Å². The zero-order valence-corrected chi connectivity index (χ0v) is 14.3. The molecule has 106 valence electrons. The number of nitrogens with one attached hydrogen (secondary N) is 1. The van der Waals surface area contributed by atoms with Crippen molar-refractivity contribution in [3.8, 4) is 0 Å². The largest absolute Gasteiger partial charge is 0.307 e. The number of rotatable bonds is 4. The summed E-state index contributed by atoms with van der Waals surface area (Å²) in [5.74, 6) is 0.724. The smallest absolute Gasteiger partial charge is 0.0388 e. The number of halogens is 1. The lowest BCUT2D eigenvalue weighted by molar-refractivity contribution is 0.272. The first-order valence-electron chi connectivity index (χ1n) is 7.19. The van der Waals surface area contributed by atoms with Gasteiger partial charge in [0.1, 0.15) is 0 Å². The SMILES string of the molecule is Cc1ccc(C(C)NC2CC(c3cccc(Br)c3)C2)s1. The number of aryl methyl sites for hydroxylation is 1. The Kier molecular flexibility index (Phi) is 4.29. The van der Waals surface area contributed by atoms with Gasteiger partial charge in [0.25, 0.3) is 0 Å². The summed E-state index contributed by atoms with van der Waals surface area (Å²) in [4.78, 5) is 2.85. The molecule has 1 nitrogen and oxygen atoms in total. The second-order valence-electron chi connectivity index (χ2n) is 5.76. The number of benzene rings is 1. The van der Waals surface area contributed by atoms with Gasteiger partial charge in [0.2, 0.25) is 0 Å². The Morgan fingerprint density at radius 1 is 1.25 bits per heavy atom. The molecule has 1 unspecified atom stereocenters. The predicted molar refractivity (Wildman–Crippen MR) is 90.5 cm³/mol. The van der Waals surface area contributed by atoms with Gasteiger partial charge in [-0.15, -0.1) is 11.3 Å². The van der Waals surface area contributed by atoms with Gasteiger partial charge >= 0.3 is 0 Å². The molecule has 1 saturated carbocycles. The van der Waals surface area contributed by atoms with Crippen LogP contribution in [0.4, 0.5) is 0 Å². The van der Waals surface area contributed by atoms with Crippen LogP contribution in [0.25, 0.3) is 0 Å². The van der Waals surface area contributed by atoms with E-state index in [1.54, 1.807) is 0 Å². The Morgan fingerprint density at radius 3 is 2.70 bits per heavy atom. The van der Waals surface area contributed by atoms with Gasteiger partial charge in [-0.1, -0.05) is 28.1 Å². The Labute approximate surface area is 133 Å². The maximum absolute atomic E-state index is 3.76. The molecule has 1 aromatic carbocycles. The summed E-state index contributed by atoms with van der Waals surface area (Å²) in [7, 11) is 0. The molecular weight excluding hydrogens is 330 g/mol. The van der Waals surface area contributed by atoms with Gasteiger partial charge in [0.05, 0.1) is 0 Å². The third-order valence-electron chi connectivity index (χ3n) is 4.13. The average molecular weight is 350 g/mol. The van der Waals surface area contributed by atoms with Crippen molar-refractivity contribution in [3.05, 3.63) is 56.2 Å². The highest BCUT2D eigenvalue weighted by atomic mass is 79.9. The monoisotopic (exact) mass is 349 g/mol. The molecule has 20 heavy (non-hydrogen) atoms. The third kappa shape index (κ3) is 3.16. The molecule has 0 bridgehead atoms. The number of hydrogen-bond acceptors (Lipinski definition) is 2. The van der Waals surface area contributed by atoms with Gasteiger partial charge in [-0.25, -0.2) is 0 Å². The van der Waals surface area contributed by atoms with Crippen molar-refractivity contribution in [2.75, 3.05) is 0 Å². The molecule has 0 saturated heterocycles. The molecule has 0 aliphatic heterocycles. The minimum Gasteiger partial charge on any atom is -0.307 e. The highest BCUT2D eigenvalue weighted by Crippen LogP contribution is 2.39. The lowest BCUT2D eigenvalue weighted by Crippen LogP contribution is -2.41. The van der Waals surface area contributed by atoms with E-state index in [2.05, 4.69) is 71.5 Å². The van der Waals surface area contributed by atoms with Crippen molar-refractivity contribution >= 4 is 27.3 Å². The van der Waals surface area contributed by atoms with Crippen LogP contribution in [-0.2, 0) is 0 Å². The quantitative estimate of drug-likeness (QED) is 0.777. The summed E-state index contributed by atoms with van der Waals surface area (Å²) < 4.78 is 1.19. The molecule has 1 N–H and O–H groups in total. The summed E-state index contributed by atoms with van der Waals surface area (Å²) >= 11 is 5.46. The van der Waals surface area contributed by atoms with Crippen LogP contribution in [0, 0.1) is 6.92 Å². The highest BCUT2D eigenvalue weighted by Gasteiger charge is 2.31. The second kappa shape index (κ2) is 6.00. The highest BCUT2D eigenvalue weighted by molar-refractivity contribution is 9.10. The van der Waals surface area contributed by atoms with Gasteiger partial charge in [0.15, 0.2) is 0 Å². The van der Waals surface area contributed by atoms with Crippen molar-refractivity contribution in [3.63, 3.8) is 0 Å². The summed E-state index contributed by atoms with van der Waals surface area (Å²) in [5.41, 5.74) is 1.47. The van der Waals surface area contributed by atoms with Crippen LogP contribution in [0.2, 0.25) is 0 Å². The van der Waals surface area contributed by atoms with Crippen molar-refractivity contribution in [1.82, 2.24) is 5.32 Å². The van der Waals surface area contributed by atoms with Crippen molar-refractivity contribution in [1.29, 1.82) is 0 Å². The lowest BCUT2D eigenvalue weighted by atomic mass is 9.75. The molecule has 1 aliphatic rings. The van der Waals surface area contributed by atoms with E-state index in [1.807, 2.05) is 11.3 Å². The molecule has 0 radical (unpaired) electrons. The normalized spacial score (nSPS) is 23.4. The van der Waals surface area contributed by atoms with Gasteiger partial charge in [-0.3, -0.25) is 0 Å². The van der Waals surface area contributed by atoms with E-state index >= 15 is 0 Å². The summed E-state index contributed by atoms with van der Waals surface area (Å²) in [5, 5.41) is 3.76. The van der Waals surface area contributed by atoms with Gasteiger partial charge in [0, 0.05) is 26.3 Å². The fourth-order valence-electron chi connectivity index (χ4n) is 2.91. The van der Waals surface area contributed by atoms with E-state index in [9.17, 15) is 0 Å². The first kappa shape index (κ1) is 14.3. The summed E-state index contributed by atoms with van der Waals surface area (Å²) in [6, 6.07) is 14.3. The van der Waals surface area contributed by atoms with Crippen molar-refractivity contribution in [2.24, 2.45) is 0 Å². The Hall–Kier alpha value is -0.640. The zero-order chi connectivity index (χ0) is 14.1. The van der Waals surface area contributed by atoms with E-state index < -0.39 is 0 Å². The topological polar surface area (TPSA) is 12.0 Å². The van der Waals surface area contributed by atoms with Crippen LogP contribution in [0.15, 0.2) is 40.9 Å². The first-order valence-corrected chi connectivity index (χ1v) is 8.80.